The van der Waals surface area contributed by atoms with Crippen molar-refractivity contribution in [3.05, 3.63) is 0 Å². The van der Waals surface area contributed by atoms with Crippen LogP contribution in [-0.4, -0.2) is 12.3 Å². The van der Waals surface area contributed by atoms with Crippen LogP contribution in [0.15, 0.2) is 4.99 Å². The minimum absolute atomic E-state index is 0.745. The zero-order chi connectivity index (χ0) is 5.40. The second-order valence-electron chi connectivity index (χ2n) is 2.81. The summed E-state index contributed by atoms with van der Waals surface area (Å²) in [4.78, 5) is 4.37. The van der Waals surface area contributed by atoms with E-state index in [2.05, 4.69) is 11.2 Å². The molecule has 0 aromatic carbocycles. The molecule has 8 heavy (non-hydrogen) atoms. The molecular formula is C7H11N. The van der Waals surface area contributed by atoms with Crippen molar-refractivity contribution in [1.29, 1.82) is 0 Å². The van der Waals surface area contributed by atoms with Gasteiger partial charge in [0.2, 0.25) is 0 Å². The monoisotopic (exact) mass is 109 g/mol. The molecule has 1 heteroatoms. The van der Waals surface area contributed by atoms with Crippen LogP contribution in [0.3, 0.4) is 0 Å². The lowest BCUT2D eigenvalue weighted by Gasteiger charge is -1.99. The van der Waals surface area contributed by atoms with E-state index >= 15 is 0 Å². The smallest absolute Gasteiger partial charge is 0.0527 e. The van der Waals surface area contributed by atoms with Gasteiger partial charge in [-0.1, -0.05) is 0 Å². The van der Waals surface area contributed by atoms with Crippen molar-refractivity contribution >= 4 is 6.21 Å². The maximum Gasteiger partial charge on any atom is 0.0527 e. The van der Waals surface area contributed by atoms with Gasteiger partial charge in [0, 0.05) is 0 Å². The van der Waals surface area contributed by atoms with Gasteiger partial charge in [0.15, 0.2) is 0 Å². The minimum Gasteiger partial charge on any atom is -0.294 e. The largest absolute Gasteiger partial charge is 0.294 e. The van der Waals surface area contributed by atoms with Gasteiger partial charge in [-0.2, -0.15) is 0 Å². The molecule has 0 bridgehead atoms. The fourth-order valence-corrected chi connectivity index (χ4v) is 1.37. The molecule has 0 spiro atoms. The van der Waals surface area contributed by atoms with Crippen LogP contribution in [0.1, 0.15) is 25.7 Å². The molecule has 1 atom stereocenters. The Morgan fingerprint density at radius 1 is 1.25 bits per heavy atom. The maximum atomic E-state index is 4.37. The predicted octanol–water partition coefficient (Wildman–Crippen LogP) is 1.63. The Hall–Kier alpha value is -0.330. The summed E-state index contributed by atoms with van der Waals surface area (Å²) in [5.41, 5.74) is 0. The number of rotatable bonds is 1. The van der Waals surface area contributed by atoms with Crippen molar-refractivity contribution in [2.45, 2.75) is 31.7 Å². The summed E-state index contributed by atoms with van der Waals surface area (Å²) in [7, 11) is 0. The highest BCUT2D eigenvalue weighted by molar-refractivity contribution is 5.59. The molecule has 0 N–H and O–H groups in total. The van der Waals surface area contributed by atoms with E-state index in [1.807, 2.05) is 0 Å². The molecule has 1 saturated carbocycles. The predicted molar refractivity (Wildman–Crippen MR) is 34.2 cm³/mol. The standard InChI is InChI=1S/C7H11N/c1-2-7(8-5-1)6-3-4-6/h5-7H,1-4H2. The van der Waals surface area contributed by atoms with Crippen molar-refractivity contribution in [2.24, 2.45) is 10.9 Å². The Labute approximate surface area is 49.8 Å². The summed E-state index contributed by atoms with van der Waals surface area (Å²) >= 11 is 0. The Kier molecular flexibility index (Phi) is 0.893. The molecule has 1 unspecified atom stereocenters. The fraction of sp³-hybridized carbons (Fsp3) is 0.857. The van der Waals surface area contributed by atoms with Gasteiger partial charge in [-0.15, -0.1) is 0 Å². The van der Waals surface area contributed by atoms with E-state index in [0.717, 1.165) is 12.0 Å². The van der Waals surface area contributed by atoms with Crippen LogP contribution < -0.4 is 0 Å². The number of nitrogens with zero attached hydrogens (tertiary/aromatic N) is 1. The zero-order valence-corrected chi connectivity index (χ0v) is 5.01. The Bertz CT molecular complexity index is 114. The maximum absolute atomic E-state index is 4.37. The summed E-state index contributed by atoms with van der Waals surface area (Å²) < 4.78 is 0. The van der Waals surface area contributed by atoms with Gasteiger partial charge in [0.05, 0.1) is 6.04 Å². The first-order chi connectivity index (χ1) is 3.97. The third-order valence-corrected chi connectivity index (χ3v) is 2.05. The molecule has 0 radical (unpaired) electrons. The van der Waals surface area contributed by atoms with E-state index in [0.29, 0.717) is 0 Å². The number of hydrogen-bond acceptors (Lipinski definition) is 1. The molecule has 0 aromatic heterocycles. The van der Waals surface area contributed by atoms with Crippen molar-refractivity contribution in [2.75, 3.05) is 0 Å². The lowest BCUT2D eigenvalue weighted by molar-refractivity contribution is 0.595. The average molecular weight is 109 g/mol. The summed E-state index contributed by atoms with van der Waals surface area (Å²) in [5.74, 6) is 0.994. The molecule has 1 fully saturated rings. The van der Waals surface area contributed by atoms with Crippen molar-refractivity contribution in [3.63, 3.8) is 0 Å². The van der Waals surface area contributed by atoms with Crippen LogP contribution in [0.25, 0.3) is 0 Å². The van der Waals surface area contributed by atoms with E-state index < -0.39 is 0 Å². The van der Waals surface area contributed by atoms with Crippen LogP contribution in [0.4, 0.5) is 0 Å². The molecular weight excluding hydrogens is 98.1 g/mol. The first kappa shape index (κ1) is 4.54. The molecule has 2 aliphatic rings. The minimum atomic E-state index is 0.745. The van der Waals surface area contributed by atoms with Crippen LogP contribution >= 0.6 is 0 Å². The third-order valence-electron chi connectivity index (χ3n) is 2.05. The second-order valence-corrected chi connectivity index (χ2v) is 2.81. The number of aliphatic imine (C=N–C) groups is 1. The molecule has 1 nitrogen and oxygen atoms in total. The van der Waals surface area contributed by atoms with Crippen LogP contribution in [-0.2, 0) is 0 Å². The van der Waals surface area contributed by atoms with E-state index in [-0.39, 0.29) is 0 Å². The van der Waals surface area contributed by atoms with Crippen molar-refractivity contribution in [3.8, 4) is 0 Å². The molecule has 1 heterocycles. The first-order valence-corrected chi connectivity index (χ1v) is 3.48. The van der Waals surface area contributed by atoms with Gasteiger partial charge in [0.1, 0.15) is 0 Å². The fourth-order valence-electron chi connectivity index (χ4n) is 1.37. The topological polar surface area (TPSA) is 12.4 Å². The average Bonchev–Trinajstić information content (AvgIpc) is 2.49. The highest BCUT2D eigenvalue weighted by Crippen LogP contribution is 2.37. The molecule has 44 valence electrons. The van der Waals surface area contributed by atoms with Gasteiger partial charge in [0.25, 0.3) is 0 Å². The lowest BCUT2D eigenvalue weighted by Crippen LogP contribution is -2.00. The van der Waals surface area contributed by atoms with Gasteiger partial charge >= 0.3 is 0 Å². The van der Waals surface area contributed by atoms with E-state index in [1.54, 1.807) is 0 Å². The normalized spacial score (nSPS) is 36.2. The highest BCUT2D eigenvalue weighted by atomic mass is 14.8. The summed E-state index contributed by atoms with van der Waals surface area (Å²) in [6.07, 6.45) is 7.55. The van der Waals surface area contributed by atoms with Crippen molar-refractivity contribution < 1.29 is 0 Å². The SMILES string of the molecule is C1=NC(C2CC2)CC1. The third kappa shape index (κ3) is 0.662. The Balaban J connectivity index is 1.95. The van der Waals surface area contributed by atoms with E-state index in [1.165, 1.54) is 25.7 Å². The first-order valence-electron chi connectivity index (χ1n) is 3.48. The summed E-state index contributed by atoms with van der Waals surface area (Å²) in [6, 6.07) is 0.745. The molecule has 1 aliphatic heterocycles. The van der Waals surface area contributed by atoms with Crippen LogP contribution in [0.2, 0.25) is 0 Å². The molecule has 0 amide bonds. The van der Waals surface area contributed by atoms with E-state index in [4.69, 9.17) is 0 Å². The molecule has 2 rings (SSSR count). The molecule has 1 aliphatic carbocycles. The lowest BCUT2D eigenvalue weighted by atomic mass is 10.1. The van der Waals surface area contributed by atoms with Gasteiger partial charge < -0.3 is 0 Å². The van der Waals surface area contributed by atoms with Crippen LogP contribution in [0.5, 0.6) is 0 Å². The zero-order valence-electron chi connectivity index (χ0n) is 5.01. The van der Waals surface area contributed by atoms with Gasteiger partial charge in [-0.25, -0.2) is 0 Å². The van der Waals surface area contributed by atoms with Crippen molar-refractivity contribution in [1.82, 2.24) is 0 Å². The highest BCUT2D eigenvalue weighted by Gasteiger charge is 2.31. The molecule has 0 aromatic rings. The van der Waals surface area contributed by atoms with Gasteiger partial charge in [-0.05, 0) is 37.8 Å². The second kappa shape index (κ2) is 1.57. The Morgan fingerprint density at radius 2 is 2.12 bits per heavy atom. The Morgan fingerprint density at radius 3 is 2.62 bits per heavy atom. The van der Waals surface area contributed by atoms with Crippen LogP contribution in [0, 0.1) is 5.92 Å². The molecule has 0 saturated heterocycles. The van der Waals surface area contributed by atoms with Gasteiger partial charge in [-0.3, -0.25) is 4.99 Å². The quantitative estimate of drug-likeness (QED) is 0.485. The number of hydrogen-bond donors (Lipinski definition) is 0. The summed E-state index contributed by atoms with van der Waals surface area (Å²) in [6.45, 7) is 0. The summed E-state index contributed by atoms with van der Waals surface area (Å²) in [5, 5.41) is 0. The van der Waals surface area contributed by atoms with E-state index in [9.17, 15) is 0 Å².